The number of carbonyl (C=O) groups excluding carboxylic acids is 1. The van der Waals surface area contributed by atoms with E-state index in [2.05, 4.69) is 10.6 Å². The van der Waals surface area contributed by atoms with Gasteiger partial charge in [-0.1, -0.05) is 35.3 Å². The van der Waals surface area contributed by atoms with Gasteiger partial charge in [-0.3, -0.25) is 4.79 Å². The molecule has 9 heteroatoms. The van der Waals surface area contributed by atoms with Crippen LogP contribution in [-0.2, 0) is 9.53 Å². The van der Waals surface area contributed by atoms with Crippen molar-refractivity contribution in [3.63, 3.8) is 0 Å². The highest BCUT2D eigenvalue weighted by molar-refractivity contribution is 6.42. The van der Waals surface area contributed by atoms with Crippen molar-refractivity contribution < 1.29 is 24.2 Å². The van der Waals surface area contributed by atoms with E-state index in [1.165, 1.54) is 12.1 Å². The van der Waals surface area contributed by atoms with Gasteiger partial charge in [-0.25, -0.2) is 4.79 Å². The molecule has 0 aromatic heterocycles. The van der Waals surface area contributed by atoms with Crippen LogP contribution in [0.3, 0.4) is 0 Å². The predicted molar refractivity (Wildman–Crippen MR) is 113 cm³/mol. The molecule has 1 heterocycles. The molecular weight excluding hydrogens is 431 g/mol. The minimum Gasteiger partial charge on any atom is -0.484 e. The average molecular weight is 453 g/mol. The van der Waals surface area contributed by atoms with Crippen LogP contribution in [0, 0.1) is 5.92 Å². The summed E-state index contributed by atoms with van der Waals surface area (Å²) >= 11 is 12.2. The van der Waals surface area contributed by atoms with E-state index in [4.69, 9.17) is 37.8 Å². The summed E-state index contributed by atoms with van der Waals surface area (Å²) in [6.07, 6.45) is -0.247. The Morgan fingerprint density at radius 3 is 2.80 bits per heavy atom. The summed E-state index contributed by atoms with van der Waals surface area (Å²) in [5.41, 5.74) is 0.994. The molecule has 0 unspecified atom stereocenters. The Hall–Kier alpha value is -2.32. The molecule has 2 aromatic rings. The molecule has 0 aliphatic carbocycles. The Bertz CT molecular complexity index is 909. The number of ether oxygens (including phenoxy) is 2. The minimum absolute atomic E-state index is 0.0240. The molecule has 1 amide bonds. The second-order valence-corrected chi connectivity index (χ2v) is 7.67. The molecule has 2 atom stereocenters. The van der Waals surface area contributed by atoms with Crippen LogP contribution in [0.15, 0.2) is 42.5 Å². The molecular formula is C21H22Cl2N2O5. The molecule has 160 valence electrons. The second kappa shape index (κ2) is 10.6. The first-order valence-electron chi connectivity index (χ1n) is 9.44. The molecule has 1 aliphatic rings. The predicted octanol–water partition coefficient (Wildman–Crippen LogP) is 3.16. The Balaban J connectivity index is 1.58. The van der Waals surface area contributed by atoms with Crippen molar-refractivity contribution in [1.82, 2.24) is 10.6 Å². The number of rotatable bonds is 7. The first-order valence-corrected chi connectivity index (χ1v) is 10.2. The zero-order valence-corrected chi connectivity index (χ0v) is 17.6. The number of hydrogen-bond donors (Lipinski definition) is 3. The number of aromatic carboxylic acids is 1. The summed E-state index contributed by atoms with van der Waals surface area (Å²) in [7, 11) is 0. The number of benzene rings is 2. The molecule has 3 rings (SSSR count). The maximum Gasteiger partial charge on any atom is 0.335 e. The lowest BCUT2D eigenvalue weighted by Gasteiger charge is -2.25. The van der Waals surface area contributed by atoms with Gasteiger partial charge in [-0.05, 0) is 35.9 Å². The summed E-state index contributed by atoms with van der Waals surface area (Å²) in [6, 6.07) is 11.4. The van der Waals surface area contributed by atoms with Gasteiger partial charge in [0.2, 0.25) is 0 Å². The fourth-order valence-electron chi connectivity index (χ4n) is 3.19. The van der Waals surface area contributed by atoms with E-state index in [-0.39, 0.29) is 30.1 Å². The number of carbonyl (C=O) groups is 2. The summed E-state index contributed by atoms with van der Waals surface area (Å²) in [6.45, 7) is 2.06. The van der Waals surface area contributed by atoms with E-state index in [0.29, 0.717) is 42.0 Å². The average Bonchev–Trinajstić information content (AvgIpc) is 2.98. The number of halogens is 2. The Morgan fingerprint density at radius 2 is 2.03 bits per heavy atom. The summed E-state index contributed by atoms with van der Waals surface area (Å²) in [5.74, 6) is -1.07. The van der Waals surface area contributed by atoms with Crippen LogP contribution < -0.4 is 15.4 Å². The van der Waals surface area contributed by atoms with Gasteiger partial charge >= 0.3 is 5.97 Å². The van der Waals surface area contributed by atoms with E-state index in [0.717, 1.165) is 5.56 Å². The van der Waals surface area contributed by atoms with Gasteiger partial charge in [0.05, 0.1) is 28.3 Å². The lowest BCUT2D eigenvalue weighted by atomic mass is 9.95. The van der Waals surface area contributed by atoms with Crippen LogP contribution in [0.1, 0.15) is 22.0 Å². The van der Waals surface area contributed by atoms with Crippen molar-refractivity contribution in [1.29, 1.82) is 0 Å². The molecule has 1 aliphatic heterocycles. The molecule has 7 nitrogen and oxygen atoms in total. The molecule has 0 saturated carbocycles. The van der Waals surface area contributed by atoms with E-state index >= 15 is 0 Å². The van der Waals surface area contributed by atoms with E-state index < -0.39 is 5.97 Å². The molecule has 1 fully saturated rings. The largest absolute Gasteiger partial charge is 0.484 e. The third-order valence-corrected chi connectivity index (χ3v) is 5.43. The van der Waals surface area contributed by atoms with Crippen molar-refractivity contribution >= 4 is 35.1 Å². The van der Waals surface area contributed by atoms with Crippen molar-refractivity contribution in [3.05, 3.63) is 63.6 Å². The fourth-order valence-corrected chi connectivity index (χ4v) is 3.50. The lowest BCUT2D eigenvalue weighted by molar-refractivity contribution is -0.123. The Labute approximate surface area is 184 Å². The maximum atomic E-state index is 12.3. The Kier molecular flexibility index (Phi) is 7.93. The van der Waals surface area contributed by atoms with Gasteiger partial charge in [0.1, 0.15) is 5.75 Å². The Morgan fingerprint density at radius 1 is 1.20 bits per heavy atom. The molecule has 0 spiro atoms. The lowest BCUT2D eigenvalue weighted by Crippen LogP contribution is -2.38. The normalized spacial score (nSPS) is 19.0. The summed E-state index contributed by atoms with van der Waals surface area (Å²) in [4.78, 5) is 23.3. The number of nitrogens with one attached hydrogen (secondary N) is 2. The maximum absolute atomic E-state index is 12.3. The molecule has 1 saturated heterocycles. The third-order valence-electron chi connectivity index (χ3n) is 4.70. The smallest absolute Gasteiger partial charge is 0.335 e. The first kappa shape index (κ1) is 22.4. The zero-order valence-electron chi connectivity index (χ0n) is 16.1. The highest BCUT2D eigenvalue weighted by Crippen LogP contribution is 2.31. The van der Waals surface area contributed by atoms with Gasteiger partial charge in [0, 0.05) is 25.6 Å². The molecule has 0 radical (unpaired) electrons. The molecule has 0 bridgehead atoms. The topological polar surface area (TPSA) is 96.9 Å². The van der Waals surface area contributed by atoms with Gasteiger partial charge in [0.25, 0.3) is 5.91 Å². The highest BCUT2D eigenvalue weighted by atomic mass is 35.5. The van der Waals surface area contributed by atoms with Crippen LogP contribution in [0.2, 0.25) is 10.0 Å². The number of carboxylic acid groups (broad SMARTS) is 1. The monoisotopic (exact) mass is 452 g/mol. The third kappa shape index (κ3) is 6.09. The van der Waals surface area contributed by atoms with Crippen molar-refractivity contribution in [3.8, 4) is 5.75 Å². The standard InChI is InChI=1S/C21H22Cl2N2O5/c22-17-5-4-13(9-18(17)23)20-15(10-24-6-7-29-20)11-25-19(26)12-30-16-3-1-2-14(8-16)21(27)28/h1-5,8-9,15,20,24H,6-7,10-12H2,(H,25,26)(H,27,28)/t15-,20-/m0/s1. The summed E-state index contributed by atoms with van der Waals surface area (Å²) in [5, 5.41) is 16.1. The van der Waals surface area contributed by atoms with Crippen molar-refractivity contribution in [2.24, 2.45) is 5.92 Å². The molecule has 2 aromatic carbocycles. The number of carboxylic acids is 1. The van der Waals surface area contributed by atoms with Crippen LogP contribution >= 0.6 is 23.2 Å². The van der Waals surface area contributed by atoms with Gasteiger partial charge in [0.15, 0.2) is 6.61 Å². The van der Waals surface area contributed by atoms with E-state index in [1.807, 2.05) is 6.07 Å². The summed E-state index contributed by atoms with van der Waals surface area (Å²) < 4.78 is 11.4. The van der Waals surface area contributed by atoms with Gasteiger partial charge in [-0.15, -0.1) is 0 Å². The second-order valence-electron chi connectivity index (χ2n) is 6.85. The fraction of sp³-hybridized carbons (Fsp3) is 0.333. The molecule has 3 N–H and O–H groups in total. The SMILES string of the molecule is O=C(COc1cccc(C(=O)O)c1)NC[C@@H]1CNCCO[C@H]1c1ccc(Cl)c(Cl)c1. The molecule has 30 heavy (non-hydrogen) atoms. The quantitative estimate of drug-likeness (QED) is 0.596. The van der Waals surface area contributed by atoms with E-state index in [9.17, 15) is 9.59 Å². The van der Waals surface area contributed by atoms with Gasteiger partial charge in [-0.2, -0.15) is 0 Å². The van der Waals surface area contributed by atoms with Crippen LogP contribution in [0.5, 0.6) is 5.75 Å². The number of amides is 1. The number of hydrogen-bond acceptors (Lipinski definition) is 5. The van der Waals surface area contributed by atoms with Crippen molar-refractivity contribution in [2.75, 3.05) is 32.8 Å². The van der Waals surface area contributed by atoms with Gasteiger partial charge < -0.3 is 25.2 Å². The zero-order chi connectivity index (χ0) is 21.5. The van der Waals surface area contributed by atoms with E-state index in [1.54, 1.807) is 24.3 Å². The minimum atomic E-state index is -1.06. The van der Waals surface area contributed by atoms with Crippen molar-refractivity contribution in [2.45, 2.75) is 6.10 Å². The first-order chi connectivity index (χ1) is 14.4. The van der Waals surface area contributed by atoms with Crippen LogP contribution in [-0.4, -0.2) is 49.8 Å². The van der Waals surface area contributed by atoms with Crippen LogP contribution in [0.4, 0.5) is 0 Å². The highest BCUT2D eigenvalue weighted by Gasteiger charge is 2.27. The van der Waals surface area contributed by atoms with Crippen LogP contribution in [0.25, 0.3) is 0 Å².